The third kappa shape index (κ3) is 4.14. The number of ether oxygens (including phenoxy) is 1. The fraction of sp³-hybridized carbons (Fsp3) is 0.579. The molecule has 5 nitrogen and oxygen atoms in total. The molecule has 1 aliphatic carbocycles. The molecule has 1 N–H and O–H groups in total. The van der Waals surface area contributed by atoms with Gasteiger partial charge >= 0.3 is 12.6 Å². The van der Waals surface area contributed by atoms with Gasteiger partial charge in [-0.2, -0.15) is 8.78 Å². The van der Waals surface area contributed by atoms with Crippen LogP contribution in [-0.4, -0.2) is 40.6 Å². The van der Waals surface area contributed by atoms with E-state index in [4.69, 9.17) is 0 Å². The SMILES string of the molecule is O=C(O)C1CC2CCCCC2N1C(=O)CCc1ccc(OC(F)F)cc1. The minimum atomic E-state index is -2.87. The molecule has 3 unspecified atom stereocenters. The molecule has 2 fully saturated rings. The van der Waals surface area contributed by atoms with Crippen molar-refractivity contribution in [2.45, 2.75) is 63.6 Å². The summed E-state index contributed by atoms with van der Waals surface area (Å²) in [5.74, 6) is -0.703. The first-order valence-corrected chi connectivity index (χ1v) is 9.03. The smallest absolute Gasteiger partial charge is 0.387 e. The number of carboxylic acid groups (broad SMARTS) is 1. The topological polar surface area (TPSA) is 66.8 Å². The summed E-state index contributed by atoms with van der Waals surface area (Å²) >= 11 is 0. The summed E-state index contributed by atoms with van der Waals surface area (Å²) < 4.78 is 28.6. The van der Waals surface area contributed by atoms with Crippen molar-refractivity contribution in [1.29, 1.82) is 0 Å². The van der Waals surface area contributed by atoms with Crippen LogP contribution in [0.3, 0.4) is 0 Å². The van der Waals surface area contributed by atoms with Crippen LogP contribution in [0.2, 0.25) is 0 Å². The Hall–Kier alpha value is -2.18. The number of fused-ring (bicyclic) bond motifs is 1. The number of hydrogen-bond acceptors (Lipinski definition) is 3. The molecule has 142 valence electrons. The maximum atomic E-state index is 12.7. The molecule has 3 atom stereocenters. The van der Waals surface area contributed by atoms with Crippen LogP contribution in [0, 0.1) is 5.92 Å². The molecule has 7 heteroatoms. The molecule has 0 aromatic heterocycles. The molecule has 1 aromatic rings. The Balaban J connectivity index is 1.62. The van der Waals surface area contributed by atoms with E-state index in [9.17, 15) is 23.5 Å². The Morgan fingerprint density at radius 3 is 2.54 bits per heavy atom. The van der Waals surface area contributed by atoms with Crippen molar-refractivity contribution in [3.05, 3.63) is 29.8 Å². The monoisotopic (exact) mass is 367 g/mol. The van der Waals surface area contributed by atoms with E-state index in [1.807, 2.05) is 0 Å². The van der Waals surface area contributed by atoms with E-state index in [0.717, 1.165) is 31.2 Å². The lowest BCUT2D eigenvalue weighted by atomic mass is 9.84. The number of hydrogen-bond donors (Lipinski definition) is 1. The molecule has 2 aliphatic rings. The van der Waals surface area contributed by atoms with Gasteiger partial charge in [0, 0.05) is 12.5 Å². The van der Waals surface area contributed by atoms with Gasteiger partial charge in [0.05, 0.1) is 0 Å². The summed E-state index contributed by atoms with van der Waals surface area (Å²) in [5, 5.41) is 9.50. The van der Waals surface area contributed by atoms with Crippen molar-refractivity contribution in [1.82, 2.24) is 4.90 Å². The van der Waals surface area contributed by atoms with Crippen molar-refractivity contribution in [2.75, 3.05) is 0 Å². The second-order valence-electron chi connectivity index (χ2n) is 7.03. The lowest BCUT2D eigenvalue weighted by molar-refractivity contribution is -0.149. The fourth-order valence-electron chi connectivity index (χ4n) is 4.26. The zero-order valence-corrected chi connectivity index (χ0v) is 14.4. The van der Waals surface area contributed by atoms with Gasteiger partial charge in [-0.25, -0.2) is 4.79 Å². The van der Waals surface area contributed by atoms with E-state index in [1.165, 1.54) is 12.1 Å². The predicted molar refractivity (Wildman–Crippen MR) is 90.0 cm³/mol. The number of aryl methyl sites for hydroxylation is 1. The van der Waals surface area contributed by atoms with E-state index in [1.54, 1.807) is 17.0 Å². The van der Waals surface area contributed by atoms with E-state index in [2.05, 4.69) is 4.74 Å². The van der Waals surface area contributed by atoms with Gasteiger partial charge in [0.15, 0.2) is 0 Å². The first kappa shape index (κ1) is 18.6. The van der Waals surface area contributed by atoms with Crippen molar-refractivity contribution >= 4 is 11.9 Å². The third-order valence-corrected chi connectivity index (χ3v) is 5.44. The largest absolute Gasteiger partial charge is 0.480 e. The first-order chi connectivity index (χ1) is 12.5. The number of nitrogens with zero attached hydrogens (tertiary/aromatic N) is 1. The number of alkyl halides is 2. The Kier molecular flexibility index (Phi) is 5.74. The van der Waals surface area contributed by atoms with Gasteiger partial charge in [0.2, 0.25) is 5.91 Å². The molecule has 1 aromatic carbocycles. The molecular weight excluding hydrogens is 344 g/mol. The van der Waals surface area contributed by atoms with Crippen LogP contribution in [0.15, 0.2) is 24.3 Å². The molecule has 1 saturated carbocycles. The maximum Gasteiger partial charge on any atom is 0.387 e. The van der Waals surface area contributed by atoms with E-state index >= 15 is 0 Å². The fourth-order valence-corrected chi connectivity index (χ4v) is 4.26. The van der Waals surface area contributed by atoms with Crippen molar-refractivity contribution in [2.24, 2.45) is 5.92 Å². The average Bonchev–Trinajstić information content (AvgIpc) is 3.00. The summed E-state index contributed by atoms with van der Waals surface area (Å²) in [6.45, 7) is -2.87. The number of carboxylic acids is 1. The minimum absolute atomic E-state index is 0.0409. The summed E-state index contributed by atoms with van der Waals surface area (Å²) in [5.41, 5.74) is 0.825. The number of carbonyl (C=O) groups is 2. The lowest BCUT2D eigenvalue weighted by Gasteiger charge is -2.33. The van der Waals surface area contributed by atoms with E-state index < -0.39 is 18.6 Å². The standard InChI is InChI=1S/C19H23F2NO4/c20-19(21)26-14-8-5-12(6-9-14)7-10-17(23)22-15-4-2-1-3-13(15)11-16(22)18(24)25/h5-6,8-9,13,15-16,19H,1-4,7,10-11H2,(H,24,25). The number of likely N-dealkylation sites (tertiary alicyclic amines) is 1. The van der Waals surface area contributed by atoms with Crippen LogP contribution >= 0.6 is 0 Å². The predicted octanol–water partition coefficient (Wildman–Crippen LogP) is 3.46. The number of benzene rings is 1. The summed E-state index contributed by atoms with van der Waals surface area (Å²) in [7, 11) is 0. The zero-order valence-electron chi connectivity index (χ0n) is 14.4. The molecule has 1 heterocycles. The van der Waals surface area contributed by atoms with Crippen LogP contribution in [-0.2, 0) is 16.0 Å². The van der Waals surface area contributed by atoms with E-state index in [-0.39, 0.29) is 24.1 Å². The minimum Gasteiger partial charge on any atom is -0.480 e. The van der Waals surface area contributed by atoms with Crippen molar-refractivity contribution < 1.29 is 28.2 Å². The van der Waals surface area contributed by atoms with Gasteiger partial charge in [0.25, 0.3) is 0 Å². The Morgan fingerprint density at radius 2 is 1.88 bits per heavy atom. The summed E-state index contributed by atoms with van der Waals surface area (Å²) in [4.78, 5) is 25.9. The van der Waals surface area contributed by atoms with Crippen LogP contribution in [0.4, 0.5) is 8.78 Å². The quantitative estimate of drug-likeness (QED) is 0.836. The highest BCUT2D eigenvalue weighted by molar-refractivity contribution is 5.85. The Labute approximate surface area is 150 Å². The molecule has 1 saturated heterocycles. The molecule has 0 bridgehead atoms. The van der Waals surface area contributed by atoms with Crippen LogP contribution in [0.25, 0.3) is 0 Å². The third-order valence-electron chi connectivity index (χ3n) is 5.44. The molecule has 26 heavy (non-hydrogen) atoms. The average molecular weight is 367 g/mol. The molecule has 1 aliphatic heterocycles. The lowest BCUT2D eigenvalue weighted by Crippen LogP contribution is -2.46. The van der Waals surface area contributed by atoms with Crippen LogP contribution in [0.5, 0.6) is 5.75 Å². The Morgan fingerprint density at radius 1 is 1.19 bits per heavy atom. The normalized spacial score (nSPS) is 25.2. The van der Waals surface area contributed by atoms with Gasteiger partial charge < -0.3 is 14.7 Å². The van der Waals surface area contributed by atoms with Crippen molar-refractivity contribution in [3.8, 4) is 5.75 Å². The molecular formula is C19H23F2NO4. The second-order valence-corrected chi connectivity index (χ2v) is 7.03. The number of amides is 1. The van der Waals surface area contributed by atoms with Gasteiger partial charge in [-0.3, -0.25) is 4.79 Å². The van der Waals surface area contributed by atoms with Gasteiger partial charge in [0.1, 0.15) is 11.8 Å². The van der Waals surface area contributed by atoms with Gasteiger partial charge in [-0.05, 0) is 49.3 Å². The highest BCUT2D eigenvalue weighted by atomic mass is 19.3. The summed E-state index contributed by atoms with van der Waals surface area (Å²) in [6, 6.07) is 5.50. The molecule has 0 spiro atoms. The molecule has 1 amide bonds. The Bertz CT molecular complexity index is 649. The number of aliphatic carboxylic acids is 1. The second kappa shape index (κ2) is 8.01. The zero-order chi connectivity index (χ0) is 18.7. The van der Waals surface area contributed by atoms with Crippen LogP contribution < -0.4 is 4.74 Å². The maximum absolute atomic E-state index is 12.7. The van der Waals surface area contributed by atoms with Gasteiger partial charge in [-0.1, -0.05) is 25.0 Å². The number of rotatable bonds is 6. The molecule has 3 rings (SSSR count). The number of halogens is 2. The highest BCUT2D eigenvalue weighted by Crippen LogP contribution is 2.40. The first-order valence-electron chi connectivity index (χ1n) is 9.03. The van der Waals surface area contributed by atoms with Crippen LogP contribution in [0.1, 0.15) is 44.1 Å². The summed E-state index contributed by atoms with van der Waals surface area (Å²) in [6.07, 6.45) is 5.19. The molecule has 0 radical (unpaired) electrons. The highest BCUT2D eigenvalue weighted by Gasteiger charge is 2.47. The van der Waals surface area contributed by atoms with E-state index in [0.29, 0.717) is 18.8 Å². The van der Waals surface area contributed by atoms with Crippen molar-refractivity contribution in [3.63, 3.8) is 0 Å². The number of carbonyl (C=O) groups excluding carboxylic acids is 1. The van der Waals surface area contributed by atoms with Gasteiger partial charge in [-0.15, -0.1) is 0 Å².